The third kappa shape index (κ3) is 2.28. The molecule has 0 atom stereocenters. The summed E-state index contributed by atoms with van der Waals surface area (Å²) in [5.41, 5.74) is 0.711. The molecule has 0 radical (unpaired) electrons. The Balaban J connectivity index is 2.32. The van der Waals surface area contributed by atoms with Crippen molar-refractivity contribution < 1.29 is 0 Å². The number of likely N-dealkylation sites (N-methyl/N-ethyl adjacent to an activating group) is 1. The number of aromatic nitrogens is 2. The van der Waals surface area contributed by atoms with Gasteiger partial charge in [0.1, 0.15) is 4.47 Å². The van der Waals surface area contributed by atoms with Gasteiger partial charge in [-0.25, -0.2) is 4.68 Å². The number of anilines is 1. The van der Waals surface area contributed by atoms with Crippen LogP contribution < -0.4 is 15.8 Å². The van der Waals surface area contributed by atoms with Gasteiger partial charge in [0, 0.05) is 20.1 Å². The van der Waals surface area contributed by atoms with E-state index in [1.165, 1.54) is 4.68 Å². The molecule has 6 heteroatoms. The first-order valence-electron chi connectivity index (χ1n) is 5.45. The molecule has 1 aromatic heterocycles. The Hall–Kier alpha value is -1.14. The molecule has 0 aliphatic carbocycles. The first-order chi connectivity index (χ1) is 8.15. The lowest BCUT2D eigenvalue weighted by atomic mass is 10.1. The van der Waals surface area contributed by atoms with Crippen LogP contribution in [0.4, 0.5) is 5.69 Å². The molecule has 0 spiro atoms. The van der Waals surface area contributed by atoms with E-state index in [-0.39, 0.29) is 5.56 Å². The van der Waals surface area contributed by atoms with Gasteiger partial charge in [0.15, 0.2) is 0 Å². The Morgan fingerprint density at radius 2 is 2.47 bits per heavy atom. The summed E-state index contributed by atoms with van der Waals surface area (Å²) in [7, 11) is 1.98. The SMILES string of the molecule is C=CCn1ncc(N(C)C2CNC2)c(Br)c1=O. The van der Waals surface area contributed by atoms with Crippen LogP contribution in [0, 0.1) is 0 Å². The third-order valence-corrected chi connectivity index (χ3v) is 3.70. The number of hydrogen-bond donors (Lipinski definition) is 1. The number of nitrogens with zero attached hydrogens (tertiary/aromatic N) is 3. The van der Waals surface area contributed by atoms with Crippen LogP contribution in [0.25, 0.3) is 0 Å². The van der Waals surface area contributed by atoms with E-state index in [4.69, 9.17) is 0 Å². The fourth-order valence-electron chi connectivity index (χ4n) is 1.70. The van der Waals surface area contributed by atoms with E-state index in [1.807, 2.05) is 7.05 Å². The van der Waals surface area contributed by atoms with Crippen LogP contribution in [0.1, 0.15) is 0 Å². The van der Waals surface area contributed by atoms with Gasteiger partial charge in [0.25, 0.3) is 5.56 Å². The molecule has 5 nitrogen and oxygen atoms in total. The van der Waals surface area contributed by atoms with Crippen molar-refractivity contribution in [3.8, 4) is 0 Å². The van der Waals surface area contributed by atoms with Crippen LogP contribution in [0.2, 0.25) is 0 Å². The summed E-state index contributed by atoms with van der Waals surface area (Å²) >= 11 is 3.35. The van der Waals surface area contributed by atoms with Gasteiger partial charge < -0.3 is 10.2 Å². The standard InChI is InChI=1S/C11H15BrN4O/c1-3-4-16-11(17)10(12)9(7-14-16)15(2)8-5-13-6-8/h3,7-8,13H,1,4-6H2,2H3. The average Bonchev–Trinajstić information content (AvgIpc) is 2.22. The molecule has 0 saturated carbocycles. The molecule has 1 aliphatic rings. The van der Waals surface area contributed by atoms with Gasteiger partial charge in [0.2, 0.25) is 0 Å². The molecule has 1 fully saturated rings. The summed E-state index contributed by atoms with van der Waals surface area (Å²) in [4.78, 5) is 14.1. The van der Waals surface area contributed by atoms with Crippen LogP contribution in [0.5, 0.6) is 0 Å². The van der Waals surface area contributed by atoms with Crippen molar-refractivity contribution in [2.75, 3.05) is 25.0 Å². The Bertz CT molecular complexity index is 481. The van der Waals surface area contributed by atoms with E-state index in [2.05, 4.69) is 37.8 Å². The smallest absolute Gasteiger partial charge is 0.283 e. The zero-order valence-corrected chi connectivity index (χ0v) is 11.3. The quantitative estimate of drug-likeness (QED) is 0.827. The molecule has 1 saturated heterocycles. The minimum atomic E-state index is -0.124. The largest absolute Gasteiger partial charge is 0.367 e. The fraction of sp³-hybridized carbons (Fsp3) is 0.455. The average molecular weight is 299 g/mol. The van der Waals surface area contributed by atoms with Gasteiger partial charge in [0.05, 0.1) is 24.5 Å². The number of rotatable bonds is 4. The van der Waals surface area contributed by atoms with Gasteiger partial charge >= 0.3 is 0 Å². The van der Waals surface area contributed by atoms with Gasteiger partial charge in [-0.05, 0) is 15.9 Å². The molecule has 92 valence electrons. The van der Waals surface area contributed by atoms with Crippen LogP contribution in [0.3, 0.4) is 0 Å². The molecule has 2 rings (SSSR count). The maximum Gasteiger partial charge on any atom is 0.283 e. The van der Waals surface area contributed by atoms with E-state index in [0.29, 0.717) is 17.1 Å². The number of hydrogen-bond acceptors (Lipinski definition) is 4. The zero-order valence-electron chi connectivity index (χ0n) is 9.69. The van der Waals surface area contributed by atoms with Crippen molar-refractivity contribution in [2.24, 2.45) is 0 Å². The molecule has 2 heterocycles. The molecule has 1 aromatic rings. The lowest BCUT2D eigenvalue weighted by molar-refractivity contribution is 0.427. The van der Waals surface area contributed by atoms with Crippen molar-refractivity contribution in [3.63, 3.8) is 0 Å². The van der Waals surface area contributed by atoms with E-state index in [0.717, 1.165) is 18.8 Å². The summed E-state index contributed by atoms with van der Waals surface area (Å²) in [5, 5.41) is 7.34. The summed E-state index contributed by atoms with van der Waals surface area (Å²) in [6.45, 7) is 5.91. The molecule has 0 unspecified atom stereocenters. The van der Waals surface area contributed by atoms with Gasteiger partial charge in [-0.3, -0.25) is 4.79 Å². The van der Waals surface area contributed by atoms with Gasteiger partial charge in [-0.15, -0.1) is 6.58 Å². The van der Waals surface area contributed by atoms with Crippen molar-refractivity contribution in [1.29, 1.82) is 0 Å². The lowest BCUT2D eigenvalue weighted by Crippen LogP contribution is -2.56. The fourth-order valence-corrected chi connectivity index (χ4v) is 2.29. The van der Waals surface area contributed by atoms with Gasteiger partial charge in [-0.1, -0.05) is 6.08 Å². The predicted octanol–water partition coefficient (Wildman–Crippen LogP) is 0.600. The molecule has 0 amide bonds. The molecule has 0 aromatic carbocycles. The summed E-state index contributed by atoms with van der Waals surface area (Å²) < 4.78 is 1.94. The van der Waals surface area contributed by atoms with E-state index >= 15 is 0 Å². The monoisotopic (exact) mass is 298 g/mol. The maximum atomic E-state index is 12.0. The first kappa shape index (κ1) is 12.3. The topological polar surface area (TPSA) is 50.2 Å². The molecule has 0 bridgehead atoms. The summed E-state index contributed by atoms with van der Waals surface area (Å²) in [6.07, 6.45) is 3.37. The summed E-state index contributed by atoms with van der Waals surface area (Å²) in [6, 6.07) is 0.433. The maximum absolute atomic E-state index is 12.0. The van der Waals surface area contributed by atoms with Crippen LogP contribution in [-0.2, 0) is 6.54 Å². The third-order valence-electron chi connectivity index (χ3n) is 2.96. The van der Waals surface area contributed by atoms with Crippen LogP contribution >= 0.6 is 15.9 Å². The zero-order chi connectivity index (χ0) is 12.4. The molecule has 1 N–H and O–H groups in total. The Labute approximate surface area is 108 Å². The second kappa shape index (κ2) is 5.01. The number of halogens is 1. The first-order valence-corrected chi connectivity index (χ1v) is 6.24. The second-order valence-corrected chi connectivity index (χ2v) is 4.84. The summed E-state index contributed by atoms with van der Waals surface area (Å²) in [5.74, 6) is 0. The minimum absolute atomic E-state index is 0.124. The Kier molecular flexibility index (Phi) is 3.63. The number of nitrogens with one attached hydrogen (secondary N) is 1. The Morgan fingerprint density at radius 1 is 1.76 bits per heavy atom. The normalized spacial score (nSPS) is 15.4. The molecule has 17 heavy (non-hydrogen) atoms. The Morgan fingerprint density at radius 3 is 3.00 bits per heavy atom. The van der Waals surface area contributed by atoms with Crippen LogP contribution in [-0.4, -0.2) is 36.0 Å². The van der Waals surface area contributed by atoms with Crippen molar-refractivity contribution >= 4 is 21.6 Å². The van der Waals surface area contributed by atoms with Gasteiger partial charge in [-0.2, -0.15) is 5.10 Å². The van der Waals surface area contributed by atoms with E-state index in [1.54, 1.807) is 12.3 Å². The van der Waals surface area contributed by atoms with E-state index < -0.39 is 0 Å². The highest BCUT2D eigenvalue weighted by Gasteiger charge is 2.24. The van der Waals surface area contributed by atoms with Crippen LogP contribution in [0.15, 0.2) is 28.1 Å². The van der Waals surface area contributed by atoms with Crippen molar-refractivity contribution in [1.82, 2.24) is 15.1 Å². The lowest BCUT2D eigenvalue weighted by Gasteiger charge is -2.37. The second-order valence-electron chi connectivity index (χ2n) is 4.04. The molecular formula is C11H15BrN4O. The number of allylic oxidation sites excluding steroid dienone is 1. The highest BCUT2D eigenvalue weighted by molar-refractivity contribution is 9.10. The van der Waals surface area contributed by atoms with Crippen molar-refractivity contribution in [2.45, 2.75) is 12.6 Å². The van der Waals surface area contributed by atoms with Crippen molar-refractivity contribution in [3.05, 3.63) is 33.7 Å². The highest BCUT2D eigenvalue weighted by Crippen LogP contribution is 2.23. The molecular weight excluding hydrogens is 284 g/mol. The van der Waals surface area contributed by atoms with E-state index in [9.17, 15) is 4.79 Å². The minimum Gasteiger partial charge on any atom is -0.367 e. The predicted molar refractivity (Wildman–Crippen MR) is 71.5 cm³/mol. The highest BCUT2D eigenvalue weighted by atomic mass is 79.9. The molecule has 1 aliphatic heterocycles.